The van der Waals surface area contributed by atoms with Gasteiger partial charge < -0.3 is 4.74 Å². The Morgan fingerprint density at radius 2 is 1.74 bits per heavy atom. The van der Waals surface area contributed by atoms with E-state index in [1.165, 1.54) is 25.3 Å². The van der Waals surface area contributed by atoms with Crippen LogP contribution in [0.15, 0.2) is 42.5 Å². The van der Waals surface area contributed by atoms with Crippen LogP contribution in [0.2, 0.25) is 0 Å². The normalized spacial score (nSPS) is 10.4. The van der Waals surface area contributed by atoms with Crippen molar-refractivity contribution in [1.29, 1.82) is 10.5 Å². The maximum absolute atomic E-state index is 15.0. The lowest BCUT2D eigenvalue weighted by Crippen LogP contribution is -2.13. The molecular formula is C20H11F2N3O2. The molecule has 0 aliphatic rings. The molecule has 0 saturated heterocycles. The maximum Gasteiger partial charge on any atom is 0.197 e. The van der Waals surface area contributed by atoms with Gasteiger partial charge in [0.1, 0.15) is 11.2 Å². The predicted molar refractivity (Wildman–Crippen MR) is 92.7 cm³/mol. The van der Waals surface area contributed by atoms with Crippen molar-refractivity contribution in [3.05, 3.63) is 59.7 Å². The first-order valence-corrected chi connectivity index (χ1v) is 7.78. The van der Waals surface area contributed by atoms with Gasteiger partial charge in [0.05, 0.1) is 24.8 Å². The summed E-state index contributed by atoms with van der Waals surface area (Å²) in [4.78, 5) is 16.3. The molecule has 132 valence electrons. The molecule has 7 heteroatoms. The standard InChI is InChI=1S/C20H11F2N3O2/c1-27-20-14-8-7-13(19(26)12(9-23)10-24)15(21)18(14)25-17(16(20)22)11-5-3-2-4-6-11/h2-8,12H,1H3. The van der Waals surface area contributed by atoms with Crippen molar-refractivity contribution in [1.82, 2.24) is 4.98 Å². The number of hydrogen-bond donors (Lipinski definition) is 0. The zero-order valence-electron chi connectivity index (χ0n) is 14.0. The van der Waals surface area contributed by atoms with Crippen LogP contribution in [0.3, 0.4) is 0 Å². The minimum Gasteiger partial charge on any atom is -0.493 e. The molecule has 0 radical (unpaired) electrons. The summed E-state index contributed by atoms with van der Waals surface area (Å²) in [5.74, 6) is -4.64. The van der Waals surface area contributed by atoms with E-state index in [1.807, 2.05) is 0 Å². The summed E-state index contributed by atoms with van der Waals surface area (Å²) in [7, 11) is 1.24. The number of ketones is 1. The highest BCUT2D eigenvalue weighted by molar-refractivity contribution is 6.04. The molecule has 5 nitrogen and oxygen atoms in total. The number of pyridine rings is 1. The summed E-state index contributed by atoms with van der Waals surface area (Å²) in [5, 5.41) is 17.8. The summed E-state index contributed by atoms with van der Waals surface area (Å²) in [6.45, 7) is 0. The quantitative estimate of drug-likeness (QED) is 0.653. The molecule has 0 bridgehead atoms. The number of carbonyl (C=O) groups excluding carboxylic acids is 1. The maximum atomic E-state index is 15.0. The van der Waals surface area contributed by atoms with Gasteiger partial charge in [-0.3, -0.25) is 4.79 Å². The molecule has 0 aliphatic carbocycles. The van der Waals surface area contributed by atoms with Crippen molar-refractivity contribution in [3.63, 3.8) is 0 Å². The third-order valence-corrected chi connectivity index (χ3v) is 4.03. The highest BCUT2D eigenvalue weighted by Crippen LogP contribution is 2.36. The topological polar surface area (TPSA) is 86.8 Å². The Labute approximate surface area is 153 Å². The van der Waals surface area contributed by atoms with E-state index in [-0.39, 0.29) is 22.3 Å². The number of rotatable bonds is 4. The third kappa shape index (κ3) is 2.96. The molecule has 0 fully saturated rings. The molecule has 0 spiro atoms. The van der Waals surface area contributed by atoms with Crippen LogP contribution < -0.4 is 4.74 Å². The second kappa shape index (κ2) is 7.19. The monoisotopic (exact) mass is 363 g/mol. The van der Waals surface area contributed by atoms with Gasteiger partial charge in [-0.1, -0.05) is 30.3 Å². The second-order valence-electron chi connectivity index (χ2n) is 5.55. The first-order chi connectivity index (χ1) is 13.0. The van der Waals surface area contributed by atoms with Crippen LogP contribution >= 0.6 is 0 Å². The smallest absolute Gasteiger partial charge is 0.197 e. The number of Topliss-reactive ketones (excluding diaryl/α,β-unsaturated/α-hetero) is 1. The second-order valence-corrected chi connectivity index (χ2v) is 5.55. The lowest BCUT2D eigenvalue weighted by molar-refractivity contribution is 0.0967. The fourth-order valence-corrected chi connectivity index (χ4v) is 2.72. The van der Waals surface area contributed by atoms with Gasteiger partial charge in [0.2, 0.25) is 0 Å². The predicted octanol–water partition coefficient (Wildman–Crippen LogP) is 4.03. The van der Waals surface area contributed by atoms with Crippen LogP contribution in [0.5, 0.6) is 5.75 Å². The lowest BCUT2D eigenvalue weighted by Gasteiger charge is -2.13. The number of fused-ring (bicyclic) bond motifs is 1. The largest absolute Gasteiger partial charge is 0.493 e. The number of aromatic nitrogens is 1. The molecule has 27 heavy (non-hydrogen) atoms. The fourth-order valence-electron chi connectivity index (χ4n) is 2.72. The summed E-state index contributed by atoms with van der Waals surface area (Å²) < 4.78 is 35.0. The van der Waals surface area contributed by atoms with E-state index in [1.54, 1.807) is 30.3 Å². The number of halogens is 2. The Balaban J connectivity index is 2.32. The van der Waals surface area contributed by atoms with Gasteiger partial charge in [-0.05, 0) is 12.1 Å². The average molecular weight is 363 g/mol. The van der Waals surface area contributed by atoms with Crippen molar-refractivity contribution >= 4 is 16.7 Å². The van der Waals surface area contributed by atoms with E-state index in [9.17, 15) is 9.18 Å². The van der Waals surface area contributed by atoms with Gasteiger partial charge in [-0.15, -0.1) is 0 Å². The Bertz CT molecular complexity index is 1120. The van der Waals surface area contributed by atoms with Crippen LogP contribution in [-0.2, 0) is 0 Å². The highest BCUT2D eigenvalue weighted by Gasteiger charge is 2.26. The molecule has 3 aromatic rings. The number of methoxy groups -OCH3 is 1. The van der Waals surface area contributed by atoms with Gasteiger partial charge in [-0.2, -0.15) is 10.5 Å². The minimum absolute atomic E-state index is 0.0363. The molecule has 0 saturated carbocycles. The Kier molecular flexibility index (Phi) is 4.78. The molecule has 0 N–H and O–H groups in total. The van der Waals surface area contributed by atoms with Crippen LogP contribution in [0.4, 0.5) is 8.78 Å². The van der Waals surface area contributed by atoms with Crippen molar-refractivity contribution in [2.24, 2.45) is 5.92 Å². The van der Waals surface area contributed by atoms with E-state index >= 15 is 4.39 Å². The number of hydrogen-bond acceptors (Lipinski definition) is 5. The van der Waals surface area contributed by atoms with Crippen LogP contribution in [-0.4, -0.2) is 17.9 Å². The SMILES string of the molecule is COc1c(F)c(-c2ccccc2)nc2c(F)c(C(=O)C(C#N)C#N)ccc12. The van der Waals surface area contributed by atoms with Crippen LogP contribution in [0.25, 0.3) is 22.2 Å². The van der Waals surface area contributed by atoms with Crippen LogP contribution in [0.1, 0.15) is 10.4 Å². The molecule has 0 amide bonds. The van der Waals surface area contributed by atoms with Gasteiger partial charge >= 0.3 is 0 Å². The van der Waals surface area contributed by atoms with E-state index in [0.717, 1.165) is 6.07 Å². The number of nitriles is 2. The van der Waals surface area contributed by atoms with Crippen molar-refractivity contribution in [3.8, 4) is 29.1 Å². The number of carbonyl (C=O) groups is 1. The molecule has 0 unspecified atom stereocenters. The summed E-state index contributed by atoms with van der Waals surface area (Å²) in [5.41, 5.74) is -0.484. The van der Waals surface area contributed by atoms with Crippen molar-refractivity contribution in [2.75, 3.05) is 7.11 Å². The summed E-state index contributed by atoms with van der Waals surface area (Å²) in [6.07, 6.45) is 0. The van der Waals surface area contributed by atoms with E-state index < -0.39 is 28.9 Å². The number of ether oxygens (including phenoxy) is 1. The summed E-state index contributed by atoms with van der Waals surface area (Å²) in [6, 6.07) is 13.7. The first-order valence-electron chi connectivity index (χ1n) is 7.78. The Morgan fingerprint density at radius 3 is 2.33 bits per heavy atom. The lowest BCUT2D eigenvalue weighted by atomic mass is 9.97. The van der Waals surface area contributed by atoms with E-state index in [4.69, 9.17) is 15.3 Å². The Morgan fingerprint density at radius 1 is 1.07 bits per heavy atom. The fraction of sp³-hybridized carbons (Fsp3) is 0.100. The van der Waals surface area contributed by atoms with Gasteiger partial charge in [0.25, 0.3) is 0 Å². The number of nitrogens with zero attached hydrogens (tertiary/aromatic N) is 3. The zero-order valence-corrected chi connectivity index (χ0v) is 14.0. The van der Waals surface area contributed by atoms with Crippen molar-refractivity contribution < 1.29 is 18.3 Å². The molecule has 1 heterocycles. The Hall–Kier alpha value is -3.84. The molecule has 0 aliphatic heterocycles. The zero-order chi connectivity index (χ0) is 19.6. The molecule has 0 atom stereocenters. The molecule has 3 rings (SSSR count). The first kappa shape index (κ1) is 18.0. The van der Waals surface area contributed by atoms with Crippen LogP contribution in [0, 0.1) is 40.2 Å². The third-order valence-electron chi connectivity index (χ3n) is 4.03. The van der Waals surface area contributed by atoms with E-state index in [2.05, 4.69) is 4.98 Å². The summed E-state index contributed by atoms with van der Waals surface area (Å²) >= 11 is 0. The highest BCUT2D eigenvalue weighted by atomic mass is 19.1. The van der Waals surface area contributed by atoms with E-state index in [0.29, 0.717) is 5.56 Å². The average Bonchev–Trinajstić information content (AvgIpc) is 2.69. The number of benzene rings is 2. The molecule has 1 aromatic heterocycles. The van der Waals surface area contributed by atoms with Gasteiger partial charge in [-0.25, -0.2) is 13.8 Å². The van der Waals surface area contributed by atoms with Crippen molar-refractivity contribution in [2.45, 2.75) is 0 Å². The minimum atomic E-state index is -1.65. The van der Waals surface area contributed by atoms with Gasteiger partial charge in [0.15, 0.2) is 29.1 Å². The molecule has 2 aromatic carbocycles. The van der Waals surface area contributed by atoms with Gasteiger partial charge in [0, 0.05) is 10.9 Å². The molecular weight excluding hydrogens is 352 g/mol.